The van der Waals surface area contributed by atoms with E-state index in [-0.39, 0.29) is 43.6 Å². The summed E-state index contributed by atoms with van der Waals surface area (Å²) in [6, 6.07) is 25.2. The van der Waals surface area contributed by atoms with Crippen molar-refractivity contribution in [2.45, 2.75) is 99.1 Å². The monoisotopic (exact) mass is 825 g/mol. The van der Waals surface area contributed by atoms with Crippen LogP contribution < -0.4 is 0 Å². The minimum Gasteiger partial charge on any atom is -0.512 e. The number of halogens is 3. The molecule has 1 atom stereocenters. The van der Waals surface area contributed by atoms with E-state index in [1.54, 1.807) is 0 Å². The summed E-state index contributed by atoms with van der Waals surface area (Å²) in [5.41, 5.74) is 5.94. The Hall–Kier alpha value is -3.02. The second kappa shape index (κ2) is 17.4. The Morgan fingerprint density at radius 1 is 0.894 bits per heavy atom. The molecule has 1 unspecified atom stereocenters. The van der Waals surface area contributed by atoms with Crippen molar-refractivity contribution in [3.8, 4) is 11.3 Å². The SMILES string of the molecule is CC(C)Cc1cc(-c2[c-]c3ccccc3c(C(C)(C)C)c2)nc2ccccc12.CCC(CC(F)(F)F)C(=O)/C=C(\O)C(CC)CC.[Ir]. The third kappa shape index (κ3) is 11.3. The molecule has 3 aromatic carbocycles. The van der Waals surface area contributed by atoms with Crippen LogP contribution in [-0.4, -0.2) is 22.1 Å². The number of aliphatic hydroxyl groups is 1. The van der Waals surface area contributed by atoms with Gasteiger partial charge in [-0.3, -0.25) is 9.78 Å². The van der Waals surface area contributed by atoms with Gasteiger partial charge in [-0.1, -0.05) is 109 Å². The normalized spacial score (nSPS) is 13.0. The third-order valence-electron chi connectivity index (χ3n) is 8.36. The van der Waals surface area contributed by atoms with Crippen molar-refractivity contribution in [3.05, 3.63) is 89.7 Å². The van der Waals surface area contributed by atoms with Gasteiger partial charge in [0.15, 0.2) is 5.78 Å². The number of aliphatic hydroxyl groups excluding tert-OH is 1. The van der Waals surface area contributed by atoms with Crippen LogP contribution in [0.3, 0.4) is 0 Å². The Labute approximate surface area is 292 Å². The first-order chi connectivity index (χ1) is 21.6. The first kappa shape index (κ1) is 40.2. The maximum absolute atomic E-state index is 12.2. The van der Waals surface area contributed by atoms with Gasteiger partial charge >= 0.3 is 6.18 Å². The number of fused-ring (bicyclic) bond motifs is 2. The molecule has 1 aromatic heterocycles. The van der Waals surface area contributed by atoms with E-state index in [1.807, 2.05) is 13.8 Å². The van der Waals surface area contributed by atoms with Crippen molar-refractivity contribution in [2.75, 3.05) is 0 Å². The summed E-state index contributed by atoms with van der Waals surface area (Å²) in [7, 11) is 0. The van der Waals surface area contributed by atoms with Crippen molar-refractivity contribution >= 4 is 27.5 Å². The molecule has 1 radical (unpaired) electrons. The number of alkyl halides is 3. The fourth-order valence-electron chi connectivity index (χ4n) is 5.80. The molecule has 0 saturated carbocycles. The zero-order valence-electron chi connectivity index (χ0n) is 28.9. The molecular formula is C40H49F3IrNO2-. The predicted octanol–water partition coefficient (Wildman–Crippen LogP) is 11.8. The second-order valence-electron chi connectivity index (χ2n) is 13.6. The van der Waals surface area contributed by atoms with Crippen LogP contribution in [0.25, 0.3) is 32.9 Å². The van der Waals surface area contributed by atoms with Crippen LogP contribution in [0.2, 0.25) is 0 Å². The number of carbonyl (C=O) groups excluding carboxylic acids is 1. The molecule has 3 nitrogen and oxygen atoms in total. The van der Waals surface area contributed by atoms with Crippen molar-refractivity contribution in [1.82, 2.24) is 4.98 Å². The summed E-state index contributed by atoms with van der Waals surface area (Å²) in [6.07, 6.45) is -2.04. The van der Waals surface area contributed by atoms with Gasteiger partial charge in [0.05, 0.1) is 17.7 Å². The molecule has 47 heavy (non-hydrogen) atoms. The Bertz CT molecular complexity index is 1650. The molecule has 4 rings (SSSR count). The van der Waals surface area contributed by atoms with Crippen LogP contribution in [-0.2, 0) is 36.7 Å². The molecule has 0 amide bonds. The number of nitrogens with zero attached hydrogens (tertiary/aromatic N) is 1. The van der Waals surface area contributed by atoms with Gasteiger partial charge in [-0.15, -0.1) is 29.1 Å². The standard InChI is InChI=1S/C27H28N.C13H21F3O2.Ir/c1-18(2)14-20-17-26(28-25-13-9-8-12-23(20)25)21-15-19-10-6-7-11-22(19)24(16-21)27(3,4)5;1-4-9(5-2)11(17)7-12(18)10(6-3)8-13(14,15)16;/h6-13,16-18H,14H2,1-5H3;7,9-10,17H,4-6,8H2,1-3H3;/q-1;;/b;11-7-;. The van der Waals surface area contributed by atoms with Gasteiger partial charge in [-0.25, -0.2) is 0 Å². The first-order valence-corrected chi connectivity index (χ1v) is 16.4. The Kier molecular flexibility index (Phi) is 14.9. The fraction of sp³-hybridized carbons (Fsp3) is 0.450. The van der Waals surface area contributed by atoms with Crippen LogP contribution in [0, 0.1) is 23.8 Å². The number of ketones is 1. The van der Waals surface area contributed by atoms with Crippen molar-refractivity contribution < 1.29 is 43.2 Å². The van der Waals surface area contributed by atoms with E-state index < -0.39 is 24.3 Å². The Morgan fingerprint density at radius 2 is 1.47 bits per heavy atom. The van der Waals surface area contributed by atoms with Gasteiger partial charge in [0.1, 0.15) is 0 Å². The maximum Gasteiger partial charge on any atom is 0.389 e. The van der Waals surface area contributed by atoms with E-state index in [0.29, 0.717) is 18.8 Å². The van der Waals surface area contributed by atoms with Crippen LogP contribution >= 0.6 is 0 Å². The van der Waals surface area contributed by atoms with Crippen LogP contribution in [0.5, 0.6) is 0 Å². The minimum absolute atomic E-state index is 0. The average Bonchev–Trinajstić information content (AvgIpc) is 2.99. The van der Waals surface area contributed by atoms with E-state index in [2.05, 4.69) is 101 Å². The smallest absolute Gasteiger partial charge is 0.389 e. The summed E-state index contributed by atoms with van der Waals surface area (Å²) in [6.45, 7) is 16.6. The number of aromatic nitrogens is 1. The molecule has 0 spiro atoms. The molecular weight excluding hydrogens is 776 g/mol. The molecule has 1 heterocycles. The van der Waals surface area contributed by atoms with E-state index in [0.717, 1.165) is 34.7 Å². The largest absolute Gasteiger partial charge is 0.512 e. The molecule has 1 N–H and O–H groups in total. The van der Waals surface area contributed by atoms with Gasteiger partial charge < -0.3 is 5.11 Å². The molecule has 0 bridgehead atoms. The number of benzene rings is 3. The number of para-hydroxylation sites is 1. The van der Waals surface area contributed by atoms with Gasteiger partial charge in [0, 0.05) is 49.1 Å². The molecule has 0 aliphatic carbocycles. The van der Waals surface area contributed by atoms with Crippen molar-refractivity contribution in [2.24, 2.45) is 17.8 Å². The second-order valence-corrected chi connectivity index (χ2v) is 13.6. The predicted molar refractivity (Wildman–Crippen MR) is 185 cm³/mol. The average molecular weight is 825 g/mol. The number of hydrogen-bond donors (Lipinski definition) is 1. The molecule has 0 aliphatic rings. The molecule has 4 aromatic rings. The summed E-state index contributed by atoms with van der Waals surface area (Å²) in [5.74, 6) is -1.40. The summed E-state index contributed by atoms with van der Waals surface area (Å²) in [5, 5.41) is 13.4. The van der Waals surface area contributed by atoms with Crippen LogP contribution in [0.1, 0.15) is 92.2 Å². The van der Waals surface area contributed by atoms with Crippen molar-refractivity contribution in [1.29, 1.82) is 0 Å². The number of pyridine rings is 1. The number of hydrogen-bond acceptors (Lipinski definition) is 3. The molecule has 257 valence electrons. The molecule has 0 fully saturated rings. The zero-order valence-corrected chi connectivity index (χ0v) is 31.3. The summed E-state index contributed by atoms with van der Waals surface area (Å²) < 4.78 is 36.7. The van der Waals surface area contributed by atoms with Gasteiger partial charge in [-0.05, 0) is 48.6 Å². The maximum atomic E-state index is 12.2. The number of allylic oxidation sites excluding steroid dienone is 2. The molecule has 0 saturated heterocycles. The van der Waals surface area contributed by atoms with E-state index in [9.17, 15) is 23.1 Å². The zero-order chi connectivity index (χ0) is 34.2. The van der Waals surface area contributed by atoms with Gasteiger partial charge in [-0.2, -0.15) is 13.2 Å². The van der Waals surface area contributed by atoms with Gasteiger partial charge in [0.2, 0.25) is 0 Å². The van der Waals surface area contributed by atoms with E-state index in [4.69, 9.17) is 4.98 Å². The summed E-state index contributed by atoms with van der Waals surface area (Å²) >= 11 is 0. The topological polar surface area (TPSA) is 50.2 Å². The minimum atomic E-state index is -4.35. The quantitative estimate of drug-likeness (QED) is 0.0984. The number of rotatable bonds is 10. The third-order valence-corrected chi connectivity index (χ3v) is 8.36. The Balaban J connectivity index is 0.000000355. The summed E-state index contributed by atoms with van der Waals surface area (Å²) in [4.78, 5) is 16.7. The van der Waals surface area contributed by atoms with Gasteiger partial charge in [0.25, 0.3) is 0 Å². The Morgan fingerprint density at radius 3 is 2.02 bits per heavy atom. The van der Waals surface area contributed by atoms with E-state index in [1.165, 1.54) is 28.8 Å². The molecule has 0 aliphatic heterocycles. The number of carbonyl (C=O) groups is 1. The van der Waals surface area contributed by atoms with Crippen molar-refractivity contribution in [3.63, 3.8) is 0 Å². The van der Waals surface area contributed by atoms with E-state index >= 15 is 0 Å². The fourth-order valence-corrected chi connectivity index (χ4v) is 5.80. The molecule has 7 heteroatoms. The van der Waals surface area contributed by atoms with Crippen LogP contribution in [0.15, 0.2) is 72.5 Å². The first-order valence-electron chi connectivity index (χ1n) is 16.4. The van der Waals surface area contributed by atoms with Crippen LogP contribution in [0.4, 0.5) is 13.2 Å².